The number of ether oxygens (including phenoxy) is 7. The number of carbonyl (C=O) groups excluding carboxylic acids is 2. The summed E-state index contributed by atoms with van der Waals surface area (Å²) < 4.78 is 79.8. The third-order valence-electron chi connectivity index (χ3n) is 27.1. The number of rotatable bonds is 16. The van der Waals surface area contributed by atoms with E-state index in [0.29, 0.717) is 98.2 Å². The van der Waals surface area contributed by atoms with Crippen LogP contribution in [-0.2, 0) is 53.3 Å². The van der Waals surface area contributed by atoms with Crippen molar-refractivity contribution in [3.8, 4) is 28.7 Å². The smallest absolute Gasteiger partial charge is 0.487 e. The zero-order chi connectivity index (χ0) is 105. The average molecular weight is 2020 g/mol. The number of nitrogens with zero attached hydrogens (tertiary/aromatic N) is 6. The van der Waals surface area contributed by atoms with Gasteiger partial charge in [0.2, 0.25) is 11.6 Å². The molecule has 2 saturated carbocycles. The molecule has 0 atom stereocenters. The first-order valence-corrected chi connectivity index (χ1v) is 53.7. The van der Waals surface area contributed by atoms with Gasteiger partial charge in [0.15, 0.2) is 0 Å². The molecule has 1 N–H and O–H groups in total. The summed E-state index contributed by atoms with van der Waals surface area (Å²) >= 11 is 5.77. The maximum absolute atomic E-state index is 13.2. The fourth-order valence-electron chi connectivity index (χ4n) is 19.7. The number of hydrogen-bond acceptors (Lipinski definition) is 22. The van der Waals surface area contributed by atoms with E-state index in [4.69, 9.17) is 62.9 Å². The van der Waals surface area contributed by atoms with Gasteiger partial charge in [-0.2, -0.15) is 4.39 Å². The molecule has 3 fully saturated rings. The normalized spacial score (nSPS) is 20.2. The highest BCUT2D eigenvalue weighted by molar-refractivity contribution is 7.00. The predicted molar refractivity (Wildman–Crippen MR) is 560 cm³/mol. The van der Waals surface area contributed by atoms with E-state index in [0.717, 1.165) is 91.6 Å². The fourth-order valence-corrected chi connectivity index (χ4v) is 29.4. The number of nitro benzene ring substituents is 4. The third kappa shape index (κ3) is 27.4. The highest BCUT2D eigenvalue weighted by atomic mass is 35.5. The molecule has 8 aromatic carbocycles. The first kappa shape index (κ1) is 111. The Bertz CT molecular complexity index is 5790. The maximum atomic E-state index is 13.2. The van der Waals surface area contributed by atoms with Gasteiger partial charge >= 0.3 is 30.7 Å². The molecule has 9 aliphatic rings. The van der Waals surface area contributed by atoms with Gasteiger partial charge in [0.25, 0.3) is 28.0 Å². The van der Waals surface area contributed by atoms with Gasteiger partial charge in [-0.15, -0.1) is 0 Å². The predicted octanol–water partition coefficient (Wildman–Crippen LogP) is 23.4. The highest BCUT2D eigenvalue weighted by Gasteiger charge is 2.56. The van der Waals surface area contributed by atoms with Crippen molar-refractivity contribution in [3.05, 3.63) is 267 Å². The van der Waals surface area contributed by atoms with Gasteiger partial charge < -0.3 is 66.2 Å². The van der Waals surface area contributed by atoms with E-state index in [9.17, 15) is 59.5 Å². The van der Waals surface area contributed by atoms with Gasteiger partial charge in [0, 0.05) is 129 Å². The molecule has 1 saturated heterocycles. The molecule has 0 unspecified atom stereocenters. The molecule has 0 aromatic heterocycles. The second-order valence-electron chi connectivity index (χ2n) is 45.9. The zero-order valence-corrected chi connectivity index (χ0v) is 90.2. The molecular weight excluding hydrogens is 1880 g/mol. The Morgan fingerprint density at radius 2 is 0.762 bits per heavy atom. The lowest BCUT2D eigenvalue weighted by molar-refractivity contribution is -0.387. The maximum Gasteiger partial charge on any atom is 0.490 e. The van der Waals surface area contributed by atoms with E-state index in [2.05, 4.69) is 163 Å². The van der Waals surface area contributed by atoms with Crippen LogP contribution in [0, 0.1) is 46.3 Å². The second kappa shape index (κ2) is 43.7. The monoisotopic (exact) mass is 2020 g/mol. The van der Waals surface area contributed by atoms with Crippen LogP contribution in [0.4, 0.5) is 36.7 Å². The summed E-state index contributed by atoms with van der Waals surface area (Å²) in [7, 11) is -5.38. The Kier molecular flexibility index (Phi) is 33.8. The van der Waals surface area contributed by atoms with Crippen LogP contribution in [0.5, 0.6) is 28.7 Å². The van der Waals surface area contributed by atoms with Crippen molar-refractivity contribution < 1.29 is 90.1 Å². The molecular formula is C110H143BClFN6O22Si2. The van der Waals surface area contributed by atoms with E-state index >= 15 is 0 Å². The quantitative estimate of drug-likeness (QED) is 0.0533. The van der Waals surface area contributed by atoms with E-state index in [1.165, 1.54) is 38.9 Å². The van der Waals surface area contributed by atoms with Crippen LogP contribution in [0.2, 0.25) is 15.1 Å². The van der Waals surface area contributed by atoms with E-state index in [1.807, 2.05) is 137 Å². The van der Waals surface area contributed by atoms with Crippen LogP contribution in [-0.4, -0.2) is 166 Å². The van der Waals surface area contributed by atoms with Crippen molar-refractivity contribution in [2.45, 2.75) is 335 Å². The molecule has 17 rings (SSSR count). The Morgan fingerprint density at radius 3 is 1.11 bits per heavy atom. The molecule has 2 aliphatic carbocycles. The summed E-state index contributed by atoms with van der Waals surface area (Å²) in [6, 6.07) is 55.1. The lowest BCUT2D eigenvalue weighted by Gasteiger charge is -2.46. The van der Waals surface area contributed by atoms with Crippen LogP contribution in [0.1, 0.15) is 258 Å². The number of nitro groups is 4. The first-order chi connectivity index (χ1) is 66.6. The Hall–Kier alpha value is -11.1. The number of amides is 2. The van der Waals surface area contributed by atoms with Gasteiger partial charge in [0.05, 0.1) is 48.7 Å². The average Bonchev–Trinajstić information content (AvgIpc) is 1.64. The number of hydrogen-bond donors (Lipinski definition) is 1. The molecule has 33 heteroatoms. The van der Waals surface area contributed by atoms with Crippen LogP contribution in [0.15, 0.2) is 187 Å². The van der Waals surface area contributed by atoms with Crippen molar-refractivity contribution in [2.24, 2.45) is 0 Å². The number of benzene rings is 8. The first-order valence-electron chi connectivity index (χ1n) is 49.5. The molecule has 7 heterocycles. The van der Waals surface area contributed by atoms with Crippen LogP contribution < -0.4 is 44.4 Å². The summed E-state index contributed by atoms with van der Waals surface area (Å²) in [4.78, 5) is 70.3. The molecule has 0 radical (unpaired) electrons. The molecule has 8 aromatic rings. The lowest BCUT2D eigenvalue weighted by atomic mass is 9.75. The Morgan fingerprint density at radius 1 is 0.434 bits per heavy atom. The van der Waals surface area contributed by atoms with Gasteiger partial charge in [-0.05, 0) is 237 Å². The topological polar surface area (TPSA) is 335 Å². The molecule has 143 heavy (non-hydrogen) atoms. The number of aliphatic hydroxyl groups excluding tert-OH is 1. The van der Waals surface area contributed by atoms with Crippen molar-refractivity contribution in [1.29, 1.82) is 0 Å². The van der Waals surface area contributed by atoms with Crippen LogP contribution in [0.25, 0.3) is 5.57 Å². The minimum atomic E-state index is -2.63. The molecule has 0 spiro atoms. The lowest BCUT2D eigenvalue weighted by Crippen LogP contribution is -2.67. The van der Waals surface area contributed by atoms with Crippen LogP contribution >= 0.6 is 11.6 Å². The Balaban J connectivity index is 0.000000158. The summed E-state index contributed by atoms with van der Waals surface area (Å²) in [5.74, 6) is 1.89. The van der Waals surface area contributed by atoms with E-state index in [-0.39, 0.29) is 114 Å². The summed E-state index contributed by atoms with van der Waals surface area (Å²) in [6.07, 6.45) is 14.0. The minimum Gasteiger partial charge on any atom is -0.487 e. The summed E-state index contributed by atoms with van der Waals surface area (Å²) in [5, 5.41) is 59.8. The number of halogens is 2. The summed E-state index contributed by atoms with van der Waals surface area (Å²) in [6.45, 7) is 50.6. The largest absolute Gasteiger partial charge is 0.490 e. The summed E-state index contributed by atoms with van der Waals surface area (Å²) in [5.41, 5.74) is 2.22. The SMILES string of the molecule is CC(C)(C)OC(=O)N1CC=C(B2OC(C)(C)C(C)(C)O2)CC1.CC(C)(C)OC(=O)N1CC=C(c2cc3c(cc2[N+](=O)[O-])CC(C)(C)O3)CC1.CC(C)(C)[Si](OC1CCC(O)CC1)(c1ccccc1)c1ccccc1.CC1(C)Cc2cc([N+](=O)[O-])c(Cl)cc2O1.CC1(C)Cc2cc([N+](=O)[O-])c(F)cc2O1.CC1(C)Cc2cc([N+](=O)[O-])c(OC3CCC(O[Si](c4ccccc4)(c4ccccc4)C(C)(C)C)CC3)cc2O1. The molecule has 0 bridgehead atoms. The molecule has 770 valence electrons. The number of aliphatic hydroxyl groups is 1. The van der Waals surface area contributed by atoms with Gasteiger partial charge in [-0.1, -0.05) is 187 Å². The van der Waals surface area contributed by atoms with Crippen molar-refractivity contribution in [1.82, 2.24) is 9.80 Å². The van der Waals surface area contributed by atoms with Gasteiger partial charge in [-0.3, -0.25) is 40.5 Å². The van der Waals surface area contributed by atoms with E-state index < -0.39 is 54.8 Å². The highest BCUT2D eigenvalue weighted by Crippen LogP contribution is 2.49. The minimum absolute atomic E-state index is 0.0146. The van der Waals surface area contributed by atoms with E-state index in [1.54, 1.807) is 34.1 Å². The van der Waals surface area contributed by atoms with Crippen molar-refractivity contribution >= 4 is 96.6 Å². The molecule has 2 amide bonds. The van der Waals surface area contributed by atoms with Crippen molar-refractivity contribution in [2.75, 3.05) is 26.2 Å². The Labute approximate surface area is 848 Å². The molecule has 7 aliphatic heterocycles. The zero-order valence-electron chi connectivity index (χ0n) is 87.4. The number of fused-ring (bicyclic) bond motifs is 4. The third-order valence-corrected chi connectivity index (χ3v) is 37.6. The standard InChI is InChI=1S/C32H39NO5Si.C22H30O2Si.C20H26N2O5.C16H28BNO4.C10H10ClNO3.C10H10FNO3/c1-31(2,3)39(26-12-8-6-9-13-26,27-14-10-7-11-15-27)38-25-18-16-24(17-19-25)36-30-21-29-23(20-28(30)33(34)35)22-32(4,5)37-29;1-22(2,3)25(20-10-6-4-7-11-20,21-12-8-5-9-13-21)24-19-16-14-18(23)15-17-19;1-19(2,3)27-18(23)21-8-6-13(7-9-21)15-11-17-14(10-16(15)22(24)25)12-20(4,5)26-17;1-14(2,3)20-13(19)18-10-8-12(9-11-18)17-21-15(4,5)16(6,7)22-17;2*1-10(2)5-6-3-8(12(13)14)7(11)4-9(6)15-10/h6-15,20-21,24-25H,16-19,22H2,1-5H3;4-13,18-19,23H,14-17H2,1-3H3;6,10-11H,7-9,12H2,1-5H3;8H,9-11H2,1-7H3;2*3-4H,5H2,1-2H3. The van der Waals surface area contributed by atoms with Crippen molar-refractivity contribution in [3.63, 3.8) is 0 Å². The van der Waals surface area contributed by atoms with Gasteiger partial charge in [0.1, 0.15) is 61.6 Å². The number of carbonyl (C=O) groups is 2. The fraction of sp³-hybridized carbons (Fsp3) is 0.509. The molecule has 28 nitrogen and oxygen atoms in total. The van der Waals surface area contributed by atoms with Gasteiger partial charge in [-0.25, -0.2) is 9.59 Å². The second-order valence-corrected chi connectivity index (χ2v) is 54.8. The van der Waals surface area contributed by atoms with Crippen LogP contribution in [0.3, 0.4) is 0 Å².